The molecule has 0 saturated carbocycles. The monoisotopic (exact) mass is 745 g/mol. The number of carbonyl (C=O) groups is 3. The number of phenols is 2. The quantitative estimate of drug-likeness (QED) is 0.163. The smallest absolute Gasteiger partial charge is 0.252 e. The third-order valence-electron chi connectivity index (χ3n) is 11.3. The first-order valence-corrected chi connectivity index (χ1v) is 18.0. The van der Waals surface area contributed by atoms with Gasteiger partial charge in [-0.2, -0.15) is 0 Å². The fourth-order valence-corrected chi connectivity index (χ4v) is 8.64. The summed E-state index contributed by atoms with van der Waals surface area (Å²) < 4.78 is 35.9. The Hall–Kier alpha value is -4.45. The molecule has 3 aromatic carbocycles. The van der Waals surface area contributed by atoms with Crippen LogP contribution in [-0.4, -0.2) is 108 Å². The van der Waals surface area contributed by atoms with E-state index in [2.05, 4.69) is 10.2 Å². The molecule has 2 aliphatic carbocycles. The SMILES string of the molecule is COc1cccc2c1C(=O)c1c(O)c3c(c(O)c1C2=O)C[C@@](O)(C(=O)NCc1ccc(CN)cc1)C[C@@H]3O[C@H]1C[C@H]2[C@H](O[C@@H]3[C@@H](OC)OCCN32)[C@H](C)O1. The molecule has 0 aromatic heterocycles. The Morgan fingerprint density at radius 2 is 1.76 bits per heavy atom. The van der Waals surface area contributed by atoms with Crippen LogP contribution in [0.25, 0.3) is 0 Å². The third kappa shape index (κ3) is 5.86. The lowest BCUT2D eigenvalue weighted by Crippen LogP contribution is -2.55. The largest absolute Gasteiger partial charge is 0.507 e. The number of nitrogens with one attached hydrogen (secondary N) is 1. The summed E-state index contributed by atoms with van der Waals surface area (Å²) in [6.07, 6.45) is -4.65. The van der Waals surface area contributed by atoms with Gasteiger partial charge < -0.3 is 54.8 Å². The molecule has 15 nitrogen and oxygen atoms in total. The van der Waals surface area contributed by atoms with Gasteiger partial charge in [-0.3, -0.25) is 19.3 Å². The number of carbonyl (C=O) groups excluding carboxylic acids is 3. The second-order valence-corrected chi connectivity index (χ2v) is 14.4. The van der Waals surface area contributed by atoms with Crippen LogP contribution in [-0.2, 0) is 48.0 Å². The molecule has 8 atom stereocenters. The number of nitrogens with two attached hydrogens (primary N) is 1. The number of benzene rings is 3. The lowest BCUT2D eigenvalue weighted by molar-refractivity contribution is -0.256. The third-order valence-corrected chi connectivity index (χ3v) is 11.3. The molecular weight excluding hydrogens is 702 g/mol. The number of hydrogen-bond donors (Lipinski definition) is 5. The highest BCUT2D eigenvalue weighted by molar-refractivity contribution is 6.31. The summed E-state index contributed by atoms with van der Waals surface area (Å²) in [5.74, 6) is -3.32. The number of hydrogen-bond acceptors (Lipinski definition) is 14. The van der Waals surface area contributed by atoms with Crippen molar-refractivity contribution in [1.29, 1.82) is 0 Å². The van der Waals surface area contributed by atoms with Crippen LogP contribution in [0.1, 0.15) is 80.0 Å². The molecule has 3 aromatic rings. The van der Waals surface area contributed by atoms with Crippen LogP contribution in [0.2, 0.25) is 0 Å². The maximum Gasteiger partial charge on any atom is 0.252 e. The van der Waals surface area contributed by atoms with E-state index in [9.17, 15) is 29.7 Å². The molecule has 8 rings (SSSR count). The van der Waals surface area contributed by atoms with Crippen molar-refractivity contribution in [1.82, 2.24) is 10.2 Å². The lowest BCUT2D eigenvalue weighted by atomic mass is 9.72. The topological polar surface area (TPSA) is 209 Å². The Labute approximate surface area is 310 Å². The highest BCUT2D eigenvalue weighted by atomic mass is 16.7. The van der Waals surface area contributed by atoms with Gasteiger partial charge in [-0.05, 0) is 24.1 Å². The minimum Gasteiger partial charge on any atom is -0.507 e. The maximum atomic E-state index is 14.1. The van der Waals surface area contributed by atoms with E-state index < -0.39 is 83.1 Å². The Bertz CT molecular complexity index is 2010. The Morgan fingerprint density at radius 3 is 2.48 bits per heavy atom. The number of phenolic OH excluding ortho intramolecular Hbond substituents is 2. The van der Waals surface area contributed by atoms with Crippen molar-refractivity contribution in [3.8, 4) is 17.2 Å². The van der Waals surface area contributed by atoms with Gasteiger partial charge in [0.15, 0.2) is 24.6 Å². The van der Waals surface area contributed by atoms with Crippen molar-refractivity contribution >= 4 is 17.5 Å². The van der Waals surface area contributed by atoms with Crippen LogP contribution in [0, 0.1) is 0 Å². The van der Waals surface area contributed by atoms with Gasteiger partial charge in [0.25, 0.3) is 5.91 Å². The zero-order chi connectivity index (χ0) is 38.1. The molecule has 1 amide bonds. The lowest BCUT2D eigenvalue weighted by Gasteiger charge is -2.43. The number of aliphatic hydroxyl groups is 1. The summed E-state index contributed by atoms with van der Waals surface area (Å²) in [5.41, 5.74) is 4.17. The van der Waals surface area contributed by atoms with Gasteiger partial charge in [-0.1, -0.05) is 36.4 Å². The first-order chi connectivity index (χ1) is 26.0. The molecule has 0 spiro atoms. The number of ether oxygens (including phenoxy) is 6. The fourth-order valence-electron chi connectivity index (χ4n) is 8.64. The fraction of sp³-hybridized carbons (Fsp3) is 0.462. The molecule has 3 aliphatic heterocycles. The average molecular weight is 746 g/mol. The van der Waals surface area contributed by atoms with Gasteiger partial charge in [-0.15, -0.1) is 0 Å². The normalized spacial score (nSPS) is 30.1. The van der Waals surface area contributed by atoms with Crippen LogP contribution in [0.4, 0.5) is 0 Å². The Kier molecular flexibility index (Phi) is 9.47. The van der Waals surface area contributed by atoms with Gasteiger partial charge in [-0.25, -0.2) is 0 Å². The number of aromatic hydroxyl groups is 2. The maximum absolute atomic E-state index is 14.1. The van der Waals surface area contributed by atoms with E-state index in [1.165, 1.54) is 19.2 Å². The van der Waals surface area contributed by atoms with Crippen molar-refractivity contribution in [2.75, 3.05) is 27.4 Å². The molecule has 5 aliphatic rings. The first kappa shape index (κ1) is 36.5. The van der Waals surface area contributed by atoms with E-state index in [1.54, 1.807) is 13.2 Å². The molecule has 286 valence electrons. The van der Waals surface area contributed by atoms with Crippen molar-refractivity contribution in [2.45, 2.75) is 88.0 Å². The van der Waals surface area contributed by atoms with E-state index in [1.807, 2.05) is 31.2 Å². The molecule has 54 heavy (non-hydrogen) atoms. The summed E-state index contributed by atoms with van der Waals surface area (Å²) in [7, 11) is 2.91. The van der Waals surface area contributed by atoms with Crippen molar-refractivity contribution in [3.63, 3.8) is 0 Å². The minimum absolute atomic E-state index is 0.0196. The summed E-state index contributed by atoms with van der Waals surface area (Å²) in [4.78, 5) is 44.1. The molecule has 0 bridgehead atoms. The zero-order valence-corrected chi connectivity index (χ0v) is 30.1. The number of rotatable bonds is 8. The number of ketones is 2. The molecule has 0 radical (unpaired) electrons. The van der Waals surface area contributed by atoms with Crippen molar-refractivity contribution < 1.29 is 58.1 Å². The standard InChI is InChI=1S/C39H43N3O12/c1-18-35-23(42-11-12-51-37(50-3)36(42)54-35)13-26(52-18)53-25-15-39(48,38(47)41-17-20-9-7-19(16-40)8-10-20)14-22-28(25)34(46)30-29(32(22)44)31(43)21-5-4-6-24(49-2)27(21)33(30)45/h4-10,18,23,25-26,35-37,44,46,48H,11-17,40H2,1-3H3,(H,41,47)/t18-,23-,25-,26-,35+,36+,37-,39-/m0/s1. The van der Waals surface area contributed by atoms with Gasteiger partial charge in [0, 0.05) is 68.7 Å². The molecule has 3 fully saturated rings. The average Bonchev–Trinajstić information content (AvgIpc) is 3.56. The van der Waals surface area contributed by atoms with E-state index in [0.29, 0.717) is 26.1 Å². The summed E-state index contributed by atoms with van der Waals surface area (Å²) in [6.45, 7) is 3.29. The highest BCUT2D eigenvalue weighted by Crippen LogP contribution is 2.53. The van der Waals surface area contributed by atoms with Crippen LogP contribution in [0.5, 0.6) is 17.2 Å². The molecule has 3 heterocycles. The summed E-state index contributed by atoms with van der Waals surface area (Å²) in [5, 5.41) is 38.8. The number of amides is 1. The van der Waals surface area contributed by atoms with Crippen LogP contribution < -0.4 is 15.8 Å². The van der Waals surface area contributed by atoms with Gasteiger partial charge in [0.1, 0.15) is 29.0 Å². The van der Waals surface area contributed by atoms with E-state index in [-0.39, 0.29) is 53.1 Å². The Balaban J connectivity index is 1.16. The summed E-state index contributed by atoms with van der Waals surface area (Å²) >= 11 is 0. The predicted molar refractivity (Wildman–Crippen MR) is 188 cm³/mol. The van der Waals surface area contributed by atoms with Crippen molar-refractivity contribution in [2.24, 2.45) is 5.73 Å². The number of nitrogens with zero attached hydrogens (tertiary/aromatic N) is 1. The first-order valence-electron chi connectivity index (χ1n) is 18.0. The van der Waals surface area contributed by atoms with Crippen LogP contribution in [0.15, 0.2) is 42.5 Å². The van der Waals surface area contributed by atoms with Gasteiger partial charge in [0.2, 0.25) is 5.78 Å². The number of methoxy groups -OCH3 is 2. The molecular formula is C39H43N3O12. The van der Waals surface area contributed by atoms with Crippen LogP contribution in [0.3, 0.4) is 0 Å². The predicted octanol–water partition coefficient (Wildman–Crippen LogP) is 1.93. The number of fused-ring (bicyclic) bond motifs is 6. The van der Waals surface area contributed by atoms with E-state index in [4.69, 9.17) is 34.2 Å². The highest BCUT2D eigenvalue weighted by Gasteiger charge is 2.55. The summed E-state index contributed by atoms with van der Waals surface area (Å²) in [6, 6.07) is 11.6. The minimum atomic E-state index is -2.18. The second-order valence-electron chi connectivity index (χ2n) is 14.4. The second kappa shape index (κ2) is 14.0. The van der Waals surface area contributed by atoms with Crippen molar-refractivity contribution in [3.05, 3.63) is 87.0 Å². The van der Waals surface area contributed by atoms with Gasteiger partial charge in [0.05, 0.1) is 42.6 Å². The molecule has 0 unspecified atom stereocenters. The molecule has 6 N–H and O–H groups in total. The van der Waals surface area contributed by atoms with E-state index >= 15 is 0 Å². The molecule has 3 saturated heterocycles. The zero-order valence-electron chi connectivity index (χ0n) is 30.1. The number of morpholine rings is 1. The van der Waals surface area contributed by atoms with Gasteiger partial charge >= 0.3 is 0 Å². The van der Waals surface area contributed by atoms with Crippen LogP contribution >= 0.6 is 0 Å². The molecule has 15 heteroatoms. The Morgan fingerprint density at radius 1 is 1.02 bits per heavy atom. The van der Waals surface area contributed by atoms with E-state index in [0.717, 1.165) is 11.1 Å².